The second-order valence-corrected chi connectivity index (χ2v) is 7.61. The highest BCUT2D eigenvalue weighted by Gasteiger charge is 2.81. The van der Waals surface area contributed by atoms with Gasteiger partial charge in [0.15, 0.2) is 6.29 Å². The van der Waals surface area contributed by atoms with Crippen LogP contribution in [0.4, 0.5) is 0 Å². The van der Waals surface area contributed by atoms with Crippen LogP contribution >= 0.6 is 0 Å². The molecule has 0 radical (unpaired) electrons. The summed E-state index contributed by atoms with van der Waals surface area (Å²) in [6, 6.07) is 0. The van der Waals surface area contributed by atoms with Crippen LogP contribution in [-0.4, -0.2) is 62.5 Å². The van der Waals surface area contributed by atoms with Gasteiger partial charge < -0.3 is 33.2 Å². The van der Waals surface area contributed by atoms with Gasteiger partial charge in [0.25, 0.3) is 0 Å². The van der Waals surface area contributed by atoms with Gasteiger partial charge in [-0.2, -0.15) is 0 Å². The molecule has 1 spiro atoms. The predicted molar refractivity (Wildman–Crippen MR) is 82.3 cm³/mol. The van der Waals surface area contributed by atoms with Crippen molar-refractivity contribution in [2.24, 2.45) is 11.3 Å². The quantitative estimate of drug-likeness (QED) is 0.392. The predicted octanol–water partition coefficient (Wildman–Crippen LogP) is 0.696. The molecule has 0 N–H and O–H groups in total. The molecule has 9 heteroatoms. The van der Waals surface area contributed by atoms with Gasteiger partial charge in [-0.1, -0.05) is 6.92 Å². The maximum absolute atomic E-state index is 11.9. The van der Waals surface area contributed by atoms with E-state index >= 15 is 0 Å². The lowest BCUT2D eigenvalue weighted by Gasteiger charge is -2.65. The molecule has 4 saturated heterocycles. The number of ether oxygens (including phenoxy) is 7. The number of esters is 2. The van der Waals surface area contributed by atoms with E-state index in [0.29, 0.717) is 13.0 Å². The van der Waals surface area contributed by atoms with Crippen molar-refractivity contribution in [2.45, 2.75) is 63.7 Å². The molecule has 5 fully saturated rings. The minimum atomic E-state index is -1.31. The van der Waals surface area contributed by atoms with Crippen molar-refractivity contribution in [3.8, 4) is 0 Å². The van der Waals surface area contributed by atoms with Gasteiger partial charge in [-0.3, -0.25) is 9.59 Å². The number of fused-ring (bicyclic) bond motifs is 1. The Morgan fingerprint density at radius 2 is 1.92 bits per heavy atom. The third-order valence-corrected chi connectivity index (χ3v) is 6.04. The molecule has 0 aromatic carbocycles. The van der Waals surface area contributed by atoms with Crippen LogP contribution in [0.2, 0.25) is 0 Å². The molecule has 4 bridgehead atoms. The van der Waals surface area contributed by atoms with Crippen LogP contribution in [0.5, 0.6) is 0 Å². The fraction of sp³-hybridized carbons (Fsp3) is 0.882. The number of epoxide rings is 1. The first-order chi connectivity index (χ1) is 12.3. The fourth-order valence-corrected chi connectivity index (χ4v) is 5.08. The molecule has 0 amide bonds. The van der Waals surface area contributed by atoms with Gasteiger partial charge in [-0.15, -0.1) is 0 Å². The van der Waals surface area contributed by atoms with Crippen LogP contribution in [0.3, 0.4) is 0 Å². The first-order valence-electron chi connectivity index (χ1n) is 8.71. The fourth-order valence-electron chi connectivity index (χ4n) is 5.08. The maximum atomic E-state index is 11.9. The second-order valence-electron chi connectivity index (χ2n) is 7.61. The molecule has 4 heterocycles. The van der Waals surface area contributed by atoms with Crippen molar-refractivity contribution >= 4 is 11.9 Å². The molecule has 0 aromatic rings. The van der Waals surface area contributed by atoms with Crippen LogP contribution in [-0.2, 0) is 42.7 Å². The zero-order chi connectivity index (χ0) is 18.7. The number of carbonyl (C=O) groups is 2. The first kappa shape index (κ1) is 18.1. The Hall–Kier alpha value is -1.26. The molecule has 26 heavy (non-hydrogen) atoms. The summed E-state index contributed by atoms with van der Waals surface area (Å²) in [6.45, 7) is 5.25. The molecule has 9 nitrogen and oxygen atoms in total. The van der Waals surface area contributed by atoms with E-state index in [9.17, 15) is 9.59 Å². The summed E-state index contributed by atoms with van der Waals surface area (Å²) in [7, 11) is 1.54. The van der Waals surface area contributed by atoms with Gasteiger partial charge in [0.05, 0.1) is 18.6 Å². The number of rotatable bonds is 5. The van der Waals surface area contributed by atoms with Gasteiger partial charge in [-0.25, -0.2) is 0 Å². The van der Waals surface area contributed by atoms with E-state index in [1.54, 1.807) is 0 Å². The average molecular weight is 372 g/mol. The van der Waals surface area contributed by atoms with Crippen molar-refractivity contribution < 1.29 is 42.7 Å². The smallest absolute Gasteiger partial charge is 0.305 e. The van der Waals surface area contributed by atoms with Gasteiger partial charge in [0.2, 0.25) is 12.1 Å². The Balaban J connectivity index is 1.76. The lowest BCUT2D eigenvalue weighted by Crippen LogP contribution is -2.77. The highest BCUT2D eigenvalue weighted by molar-refractivity contribution is 5.67. The Morgan fingerprint density at radius 1 is 1.19 bits per heavy atom. The van der Waals surface area contributed by atoms with Crippen molar-refractivity contribution in [1.82, 2.24) is 0 Å². The summed E-state index contributed by atoms with van der Waals surface area (Å²) < 4.78 is 39.7. The number of carbonyl (C=O) groups excluding carboxylic acids is 2. The third-order valence-electron chi connectivity index (χ3n) is 6.04. The molecule has 1 aliphatic carbocycles. The Morgan fingerprint density at radius 3 is 2.50 bits per heavy atom. The SMILES string of the molecule is COCO[C@@H]1C[C@]2(OC(C)=O)O[C@@H]3C[C@@](C)([C@H]2[C@H](OC(C)=O)O3)[C@@]12CO2. The molecule has 5 rings (SSSR count). The van der Waals surface area contributed by atoms with Gasteiger partial charge in [0, 0.05) is 39.2 Å². The highest BCUT2D eigenvalue weighted by atomic mass is 16.8. The Bertz CT molecular complexity index is 617. The maximum Gasteiger partial charge on any atom is 0.305 e. The van der Waals surface area contributed by atoms with Crippen molar-refractivity contribution in [2.75, 3.05) is 20.5 Å². The van der Waals surface area contributed by atoms with E-state index in [4.69, 9.17) is 33.2 Å². The standard InChI is InChI=1S/C17H24O9/c1-9(18)23-14-13-15(3)6-12(24-14)26-17(13,25-10(2)19)5-11(21-8-20-4)16(15)7-22-16/h11-14H,5-8H2,1-4H3/t11-,12-,13-,14-,15+,16-,17+/m1/s1. The molecule has 1 saturated carbocycles. The average Bonchev–Trinajstić information content (AvgIpc) is 3.30. The number of hydrogen-bond acceptors (Lipinski definition) is 9. The van der Waals surface area contributed by atoms with Crippen LogP contribution in [0.25, 0.3) is 0 Å². The Labute approximate surface area is 151 Å². The first-order valence-corrected chi connectivity index (χ1v) is 8.71. The minimum Gasteiger partial charge on any atom is -0.435 e. The van der Waals surface area contributed by atoms with Crippen LogP contribution < -0.4 is 0 Å². The minimum absolute atomic E-state index is 0.0833. The molecule has 7 atom stereocenters. The van der Waals surface area contributed by atoms with Gasteiger partial charge in [0.1, 0.15) is 12.4 Å². The summed E-state index contributed by atoms with van der Waals surface area (Å²) in [6.07, 6.45) is -1.17. The van der Waals surface area contributed by atoms with E-state index in [1.165, 1.54) is 21.0 Å². The zero-order valence-electron chi connectivity index (χ0n) is 15.3. The van der Waals surface area contributed by atoms with E-state index in [-0.39, 0.29) is 19.3 Å². The number of hydrogen-bond donors (Lipinski definition) is 0. The summed E-state index contributed by atoms with van der Waals surface area (Å²) in [5, 5.41) is 0. The Kier molecular flexibility index (Phi) is 4.09. The van der Waals surface area contributed by atoms with Crippen molar-refractivity contribution in [3.63, 3.8) is 0 Å². The lowest BCUT2D eigenvalue weighted by atomic mass is 9.53. The van der Waals surface area contributed by atoms with Crippen molar-refractivity contribution in [3.05, 3.63) is 0 Å². The van der Waals surface area contributed by atoms with E-state index < -0.39 is 47.2 Å². The monoisotopic (exact) mass is 372 g/mol. The highest BCUT2D eigenvalue weighted by Crippen LogP contribution is 2.69. The van der Waals surface area contributed by atoms with E-state index in [0.717, 1.165) is 0 Å². The molecule has 0 unspecified atom stereocenters. The van der Waals surface area contributed by atoms with Crippen LogP contribution in [0.15, 0.2) is 0 Å². The van der Waals surface area contributed by atoms with Crippen molar-refractivity contribution in [1.29, 1.82) is 0 Å². The van der Waals surface area contributed by atoms with Crippen LogP contribution in [0, 0.1) is 11.3 Å². The van der Waals surface area contributed by atoms with E-state index in [1.807, 2.05) is 6.92 Å². The molecule has 5 aliphatic rings. The normalized spacial score (nSPS) is 48.3. The summed E-state index contributed by atoms with van der Waals surface area (Å²) in [4.78, 5) is 23.5. The zero-order valence-corrected chi connectivity index (χ0v) is 15.3. The van der Waals surface area contributed by atoms with Gasteiger partial charge in [-0.05, 0) is 0 Å². The molecular formula is C17H24O9. The second kappa shape index (κ2) is 5.87. The van der Waals surface area contributed by atoms with Gasteiger partial charge >= 0.3 is 11.9 Å². The number of methoxy groups -OCH3 is 1. The molecule has 0 aromatic heterocycles. The topological polar surface area (TPSA) is 102 Å². The molecular weight excluding hydrogens is 348 g/mol. The summed E-state index contributed by atoms with van der Waals surface area (Å²) in [5.41, 5.74) is -1.11. The third kappa shape index (κ3) is 2.41. The lowest BCUT2D eigenvalue weighted by molar-refractivity contribution is -0.482. The molecule has 4 aliphatic heterocycles. The summed E-state index contributed by atoms with van der Waals surface area (Å²) >= 11 is 0. The van der Waals surface area contributed by atoms with Crippen LogP contribution in [0.1, 0.15) is 33.6 Å². The molecule has 146 valence electrons. The summed E-state index contributed by atoms with van der Waals surface area (Å²) in [5.74, 6) is -2.80. The van der Waals surface area contributed by atoms with E-state index in [2.05, 4.69) is 0 Å². The largest absolute Gasteiger partial charge is 0.435 e.